The Hall–Kier alpha value is -0.610. The van der Waals surface area contributed by atoms with Gasteiger partial charge in [0.1, 0.15) is 0 Å². The van der Waals surface area contributed by atoms with E-state index in [1.54, 1.807) is 0 Å². The summed E-state index contributed by atoms with van der Waals surface area (Å²) in [6.45, 7) is 2.12. The highest BCUT2D eigenvalue weighted by Crippen LogP contribution is 2.21. The summed E-state index contributed by atoms with van der Waals surface area (Å²) < 4.78 is 5.96. The Morgan fingerprint density at radius 3 is 2.72 bits per heavy atom. The third-order valence-corrected chi connectivity index (χ3v) is 4.38. The molecule has 2 rings (SSSR count). The lowest BCUT2D eigenvalue weighted by atomic mass is 9.95. The minimum atomic E-state index is 0.379. The van der Waals surface area contributed by atoms with Crippen LogP contribution in [0.5, 0.6) is 0 Å². The van der Waals surface area contributed by atoms with Crippen molar-refractivity contribution in [2.24, 2.45) is 5.16 Å². The van der Waals surface area contributed by atoms with E-state index in [0.717, 1.165) is 50.5 Å². The molecular weight excluding hydrogens is 228 g/mol. The zero-order valence-corrected chi connectivity index (χ0v) is 11.5. The highest BCUT2D eigenvalue weighted by molar-refractivity contribution is 5.84. The average molecular weight is 254 g/mol. The predicted molar refractivity (Wildman–Crippen MR) is 72.3 cm³/mol. The molecule has 1 atom stereocenters. The van der Waals surface area contributed by atoms with E-state index in [9.17, 15) is 0 Å². The van der Waals surface area contributed by atoms with Crippen molar-refractivity contribution < 1.29 is 9.94 Å². The van der Waals surface area contributed by atoms with Crippen LogP contribution in [0, 0.1) is 0 Å². The molecule has 4 heteroatoms. The van der Waals surface area contributed by atoms with Gasteiger partial charge in [-0.3, -0.25) is 0 Å². The lowest BCUT2D eigenvalue weighted by molar-refractivity contribution is 0.0232. The fourth-order valence-corrected chi connectivity index (χ4v) is 3.07. The van der Waals surface area contributed by atoms with E-state index >= 15 is 0 Å². The van der Waals surface area contributed by atoms with Crippen molar-refractivity contribution in [3.05, 3.63) is 0 Å². The summed E-state index contributed by atoms with van der Waals surface area (Å²) in [7, 11) is 2.23. The Labute approximate surface area is 110 Å². The van der Waals surface area contributed by atoms with Crippen LogP contribution >= 0.6 is 0 Å². The van der Waals surface area contributed by atoms with E-state index in [1.807, 2.05) is 0 Å². The smallest absolute Gasteiger partial charge is 0.0582 e. The Bertz CT molecular complexity index is 271. The van der Waals surface area contributed by atoms with Gasteiger partial charge in [-0.1, -0.05) is 11.6 Å². The van der Waals surface area contributed by atoms with Gasteiger partial charge in [0, 0.05) is 12.6 Å². The van der Waals surface area contributed by atoms with Crippen molar-refractivity contribution in [3.63, 3.8) is 0 Å². The van der Waals surface area contributed by atoms with Gasteiger partial charge in [-0.25, -0.2) is 0 Å². The van der Waals surface area contributed by atoms with Crippen LogP contribution in [0.25, 0.3) is 0 Å². The number of likely N-dealkylation sites (tertiary alicyclic amines) is 1. The van der Waals surface area contributed by atoms with Gasteiger partial charge >= 0.3 is 0 Å². The molecule has 1 saturated heterocycles. The molecule has 4 nitrogen and oxygen atoms in total. The van der Waals surface area contributed by atoms with E-state index in [0.29, 0.717) is 6.10 Å². The molecule has 0 aromatic carbocycles. The molecule has 0 amide bonds. The average Bonchev–Trinajstić information content (AvgIpc) is 2.42. The Kier molecular flexibility index (Phi) is 5.45. The Morgan fingerprint density at radius 1 is 1.28 bits per heavy atom. The number of hydrogen-bond acceptors (Lipinski definition) is 4. The second kappa shape index (κ2) is 7.10. The van der Waals surface area contributed by atoms with Crippen LogP contribution in [0.1, 0.15) is 51.4 Å². The van der Waals surface area contributed by atoms with Crippen LogP contribution in [0.2, 0.25) is 0 Å². The first-order valence-electron chi connectivity index (χ1n) is 7.31. The van der Waals surface area contributed by atoms with Crippen LogP contribution in [0.15, 0.2) is 5.16 Å². The molecule has 2 fully saturated rings. The highest BCUT2D eigenvalue weighted by Gasteiger charge is 2.21. The van der Waals surface area contributed by atoms with Crippen LogP contribution < -0.4 is 0 Å². The summed E-state index contributed by atoms with van der Waals surface area (Å²) in [6, 6.07) is 0.719. The monoisotopic (exact) mass is 254 g/mol. The molecule has 1 saturated carbocycles. The number of piperidine rings is 1. The maximum atomic E-state index is 8.69. The number of hydrogen-bond donors (Lipinski definition) is 1. The minimum absolute atomic E-state index is 0.379. The van der Waals surface area contributed by atoms with Crippen LogP contribution in [-0.2, 0) is 4.74 Å². The van der Waals surface area contributed by atoms with Crippen molar-refractivity contribution in [1.29, 1.82) is 0 Å². The lowest BCUT2D eigenvalue weighted by Crippen LogP contribution is -2.37. The first-order chi connectivity index (χ1) is 8.79. The first kappa shape index (κ1) is 13.8. The van der Waals surface area contributed by atoms with Gasteiger partial charge in [0.15, 0.2) is 0 Å². The van der Waals surface area contributed by atoms with Gasteiger partial charge in [-0.2, -0.15) is 0 Å². The number of nitrogens with zero attached hydrogens (tertiary/aromatic N) is 2. The molecule has 0 radical (unpaired) electrons. The zero-order chi connectivity index (χ0) is 12.8. The van der Waals surface area contributed by atoms with E-state index in [1.165, 1.54) is 25.8 Å². The molecule has 2 aliphatic rings. The minimum Gasteiger partial charge on any atom is -0.411 e. The molecule has 1 aliphatic heterocycles. The standard InChI is InChI=1S/C14H26N2O2/c1-16-10-3-2-4-13(16)9-11-18-14-7-5-12(15-17)6-8-14/h13-14,17H,2-11H2,1H3. The topological polar surface area (TPSA) is 45.1 Å². The molecule has 0 spiro atoms. The summed E-state index contributed by atoms with van der Waals surface area (Å²) in [4.78, 5) is 2.48. The molecular formula is C14H26N2O2. The molecule has 1 N–H and O–H groups in total. The zero-order valence-electron chi connectivity index (χ0n) is 11.5. The van der Waals surface area contributed by atoms with Crippen molar-refractivity contribution >= 4 is 5.71 Å². The second-order valence-corrected chi connectivity index (χ2v) is 5.66. The Morgan fingerprint density at radius 2 is 2.06 bits per heavy atom. The fourth-order valence-electron chi connectivity index (χ4n) is 3.07. The number of oxime groups is 1. The summed E-state index contributed by atoms with van der Waals surface area (Å²) in [6.07, 6.45) is 9.40. The third-order valence-electron chi connectivity index (χ3n) is 4.38. The normalized spacial score (nSPS) is 30.4. The summed E-state index contributed by atoms with van der Waals surface area (Å²) in [5.74, 6) is 0. The summed E-state index contributed by atoms with van der Waals surface area (Å²) in [5.41, 5.74) is 0.932. The van der Waals surface area contributed by atoms with Crippen LogP contribution in [-0.4, -0.2) is 48.2 Å². The van der Waals surface area contributed by atoms with Crippen LogP contribution in [0.4, 0.5) is 0 Å². The molecule has 0 aromatic heterocycles. The van der Waals surface area contributed by atoms with Crippen LogP contribution in [0.3, 0.4) is 0 Å². The van der Waals surface area contributed by atoms with Crippen molar-refractivity contribution in [3.8, 4) is 0 Å². The van der Waals surface area contributed by atoms with Gasteiger partial charge < -0.3 is 14.8 Å². The third kappa shape index (κ3) is 3.95. The van der Waals surface area contributed by atoms with E-state index in [2.05, 4.69) is 17.1 Å². The van der Waals surface area contributed by atoms with Gasteiger partial charge in [0.2, 0.25) is 0 Å². The molecule has 0 bridgehead atoms. The van der Waals surface area contributed by atoms with Crippen molar-refractivity contribution in [2.45, 2.75) is 63.5 Å². The molecule has 104 valence electrons. The quantitative estimate of drug-likeness (QED) is 0.619. The number of rotatable bonds is 4. The first-order valence-corrected chi connectivity index (χ1v) is 7.31. The summed E-state index contributed by atoms with van der Waals surface area (Å²) in [5, 5.41) is 12.0. The molecule has 1 aliphatic carbocycles. The SMILES string of the molecule is CN1CCCCC1CCOC1CCC(=NO)CC1. The molecule has 1 unspecified atom stereocenters. The molecule has 1 heterocycles. The number of ether oxygens (including phenoxy) is 1. The maximum Gasteiger partial charge on any atom is 0.0582 e. The second-order valence-electron chi connectivity index (χ2n) is 5.66. The lowest BCUT2D eigenvalue weighted by Gasteiger charge is -2.33. The van der Waals surface area contributed by atoms with Gasteiger partial charge in [0.25, 0.3) is 0 Å². The summed E-state index contributed by atoms with van der Waals surface area (Å²) >= 11 is 0. The largest absolute Gasteiger partial charge is 0.411 e. The van der Waals surface area contributed by atoms with E-state index in [4.69, 9.17) is 9.94 Å². The molecule has 0 aromatic rings. The van der Waals surface area contributed by atoms with Crippen molar-refractivity contribution in [2.75, 3.05) is 20.2 Å². The van der Waals surface area contributed by atoms with E-state index < -0.39 is 0 Å². The van der Waals surface area contributed by atoms with Gasteiger partial charge in [-0.05, 0) is 58.5 Å². The predicted octanol–water partition coefficient (Wildman–Crippen LogP) is 2.65. The Balaban J connectivity index is 1.61. The fraction of sp³-hybridized carbons (Fsp3) is 0.929. The highest BCUT2D eigenvalue weighted by atomic mass is 16.5. The van der Waals surface area contributed by atoms with Crippen molar-refractivity contribution in [1.82, 2.24) is 4.90 Å². The van der Waals surface area contributed by atoms with E-state index in [-0.39, 0.29) is 0 Å². The maximum absolute atomic E-state index is 8.69. The van der Waals surface area contributed by atoms with Gasteiger partial charge in [-0.15, -0.1) is 0 Å². The van der Waals surface area contributed by atoms with Gasteiger partial charge in [0.05, 0.1) is 11.8 Å². The molecule has 18 heavy (non-hydrogen) atoms.